The zero-order chi connectivity index (χ0) is 17.1. The van der Waals surface area contributed by atoms with Gasteiger partial charge in [-0.3, -0.25) is 4.79 Å². The molecule has 1 aromatic heterocycles. The van der Waals surface area contributed by atoms with Crippen LogP contribution in [0.15, 0.2) is 29.4 Å². The number of ether oxygens (including phenoxy) is 1. The van der Waals surface area contributed by atoms with Crippen molar-refractivity contribution in [3.8, 4) is 0 Å². The number of esters is 1. The van der Waals surface area contributed by atoms with E-state index in [9.17, 15) is 4.79 Å². The number of nitrogens with one attached hydrogen (secondary N) is 1. The van der Waals surface area contributed by atoms with Gasteiger partial charge >= 0.3 is 5.97 Å². The molecular formula is C19H26N2O2S. The summed E-state index contributed by atoms with van der Waals surface area (Å²) >= 11 is 1.41. The summed E-state index contributed by atoms with van der Waals surface area (Å²) in [6.45, 7) is 6.70. The predicted octanol–water partition coefficient (Wildman–Crippen LogP) is 4.66. The summed E-state index contributed by atoms with van der Waals surface area (Å²) in [4.78, 5) is 20.0. The lowest BCUT2D eigenvalue weighted by Crippen LogP contribution is -2.36. The normalized spacial score (nSPS) is 24.4. The third-order valence-electron chi connectivity index (χ3n) is 4.94. The van der Waals surface area contributed by atoms with E-state index in [2.05, 4.69) is 30.7 Å². The second-order valence-corrected chi connectivity index (χ2v) is 8.17. The summed E-state index contributed by atoms with van der Waals surface area (Å²) in [5.41, 5.74) is 1.92. The Kier molecular flexibility index (Phi) is 5.49. The smallest absolute Gasteiger partial charge is 0.316 e. The summed E-state index contributed by atoms with van der Waals surface area (Å²) in [6.07, 6.45) is 3.46. The van der Waals surface area contributed by atoms with E-state index >= 15 is 0 Å². The minimum Gasteiger partial charge on any atom is -0.461 e. The van der Waals surface area contributed by atoms with Crippen LogP contribution in [-0.2, 0) is 9.53 Å². The largest absolute Gasteiger partial charge is 0.461 e. The zero-order valence-corrected chi connectivity index (χ0v) is 15.4. The van der Waals surface area contributed by atoms with Crippen molar-refractivity contribution in [1.29, 1.82) is 0 Å². The van der Waals surface area contributed by atoms with Crippen molar-refractivity contribution >= 4 is 28.8 Å². The van der Waals surface area contributed by atoms with E-state index in [0.29, 0.717) is 23.5 Å². The molecule has 24 heavy (non-hydrogen) atoms. The number of fused-ring (bicyclic) bond motifs is 1. The van der Waals surface area contributed by atoms with Gasteiger partial charge in [0.05, 0.1) is 16.8 Å². The number of aromatic amines is 1. The summed E-state index contributed by atoms with van der Waals surface area (Å²) in [6, 6.07) is 7.88. The molecule has 1 fully saturated rings. The van der Waals surface area contributed by atoms with Crippen molar-refractivity contribution < 1.29 is 9.53 Å². The fourth-order valence-corrected chi connectivity index (χ4v) is 4.25. The highest BCUT2D eigenvalue weighted by Gasteiger charge is 2.33. The van der Waals surface area contributed by atoms with Gasteiger partial charge in [0, 0.05) is 0 Å². The van der Waals surface area contributed by atoms with Gasteiger partial charge in [-0.05, 0) is 42.7 Å². The van der Waals surface area contributed by atoms with E-state index in [1.807, 2.05) is 24.3 Å². The molecule has 1 heterocycles. The Balaban J connectivity index is 1.56. The average molecular weight is 346 g/mol. The lowest BCUT2D eigenvalue weighted by Gasteiger charge is -2.36. The van der Waals surface area contributed by atoms with E-state index in [-0.39, 0.29) is 12.1 Å². The van der Waals surface area contributed by atoms with Crippen LogP contribution in [-0.4, -0.2) is 27.8 Å². The number of nitrogens with zero attached hydrogens (tertiary/aromatic N) is 1. The molecule has 0 saturated heterocycles. The lowest BCUT2D eigenvalue weighted by molar-refractivity contribution is -0.152. The molecular weight excluding hydrogens is 320 g/mol. The standard InChI is InChI=1S/C19H26N2O2S/c1-12(2)14-9-8-13(3)10-17(14)23-18(22)11-24-19-20-15-6-4-5-7-16(15)21-19/h4-7,12-14,17H,8-11H2,1-3H3,(H,20,21)/t13-,14-,17-/m0/s1. The highest BCUT2D eigenvalue weighted by atomic mass is 32.2. The van der Waals surface area contributed by atoms with Gasteiger partial charge in [-0.15, -0.1) is 0 Å². The highest BCUT2D eigenvalue weighted by molar-refractivity contribution is 7.99. The minimum atomic E-state index is -0.134. The number of imidazole rings is 1. The average Bonchev–Trinajstić information content (AvgIpc) is 2.95. The molecule has 0 radical (unpaired) electrons. The zero-order valence-electron chi connectivity index (χ0n) is 14.6. The molecule has 0 bridgehead atoms. The molecule has 1 aliphatic carbocycles. The number of rotatable bonds is 5. The molecule has 1 N–H and O–H groups in total. The molecule has 0 unspecified atom stereocenters. The minimum absolute atomic E-state index is 0.0672. The molecule has 4 nitrogen and oxygen atoms in total. The van der Waals surface area contributed by atoms with Crippen molar-refractivity contribution in [2.75, 3.05) is 5.75 Å². The molecule has 1 aliphatic rings. The first kappa shape index (κ1) is 17.3. The molecule has 130 valence electrons. The van der Waals surface area contributed by atoms with Crippen LogP contribution in [0.25, 0.3) is 11.0 Å². The maximum Gasteiger partial charge on any atom is 0.316 e. The molecule has 1 aromatic carbocycles. The van der Waals surface area contributed by atoms with Gasteiger partial charge < -0.3 is 9.72 Å². The number of benzene rings is 1. The van der Waals surface area contributed by atoms with Crippen LogP contribution in [0, 0.1) is 17.8 Å². The maximum atomic E-state index is 12.3. The van der Waals surface area contributed by atoms with Crippen LogP contribution >= 0.6 is 11.8 Å². The van der Waals surface area contributed by atoms with Crippen molar-refractivity contribution in [1.82, 2.24) is 9.97 Å². The molecule has 3 atom stereocenters. The number of thioether (sulfide) groups is 1. The number of H-pyrrole nitrogens is 1. The first-order valence-corrected chi connectivity index (χ1v) is 9.78. The van der Waals surface area contributed by atoms with Crippen molar-refractivity contribution in [2.24, 2.45) is 17.8 Å². The summed E-state index contributed by atoms with van der Waals surface area (Å²) in [5, 5.41) is 0.769. The van der Waals surface area contributed by atoms with Crippen LogP contribution < -0.4 is 0 Å². The number of hydrogen-bond donors (Lipinski definition) is 1. The number of hydrogen-bond acceptors (Lipinski definition) is 4. The van der Waals surface area contributed by atoms with Gasteiger partial charge in [-0.25, -0.2) is 4.98 Å². The van der Waals surface area contributed by atoms with E-state index in [0.717, 1.165) is 29.0 Å². The quantitative estimate of drug-likeness (QED) is 0.632. The first-order chi connectivity index (χ1) is 11.5. The van der Waals surface area contributed by atoms with Crippen LogP contribution in [0.5, 0.6) is 0 Å². The molecule has 0 aliphatic heterocycles. The third kappa shape index (κ3) is 4.12. The summed E-state index contributed by atoms with van der Waals surface area (Å²) in [5.74, 6) is 1.85. The third-order valence-corrected chi connectivity index (χ3v) is 5.79. The molecule has 1 saturated carbocycles. The molecule has 3 rings (SSSR count). The van der Waals surface area contributed by atoms with Gasteiger partial charge in [0.15, 0.2) is 5.16 Å². The number of carbonyl (C=O) groups excluding carboxylic acids is 1. The van der Waals surface area contributed by atoms with Crippen LogP contribution in [0.4, 0.5) is 0 Å². The Morgan fingerprint density at radius 1 is 1.38 bits per heavy atom. The Morgan fingerprint density at radius 3 is 2.92 bits per heavy atom. The fourth-order valence-electron chi connectivity index (χ4n) is 3.58. The van der Waals surface area contributed by atoms with Crippen molar-refractivity contribution in [3.63, 3.8) is 0 Å². The topological polar surface area (TPSA) is 55.0 Å². The Labute approximate surface area is 147 Å². The Hall–Kier alpha value is -1.49. The second kappa shape index (κ2) is 7.60. The highest BCUT2D eigenvalue weighted by Crippen LogP contribution is 2.35. The molecule has 0 spiro atoms. The van der Waals surface area contributed by atoms with E-state index < -0.39 is 0 Å². The van der Waals surface area contributed by atoms with Gasteiger partial charge in [0.1, 0.15) is 6.10 Å². The molecule has 5 heteroatoms. The first-order valence-electron chi connectivity index (χ1n) is 8.80. The van der Waals surface area contributed by atoms with Gasteiger partial charge in [0.25, 0.3) is 0 Å². The van der Waals surface area contributed by atoms with Crippen LogP contribution in [0.3, 0.4) is 0 Å². The fraction of sp³-hybridized carbons (Fsp3) is 0.579. The van der Waals surface area contributed by atoms with Gasteiger partial charge in [0.2, 0.25) is 0 Å². The SMILES string of the molecule is CC(C)[C@@H]1CC[C@H](C)C[C@@H]1OC(=O)CSc1nc2ccccc2[nH]1. The number of para-hydroxylation sites is 2. The van der Waals surface area contributed by atoms with E-state index in [1.165, 1.54) is 18.2 Å². The van der Waals surface area contributed by atoms with Gasteiger partial charge in [-0.2, -0.15) is 0 Å². The van der Waals surface area contributed by atoms with E-state index in [4.69, 9.17) is 4.74 Å². The van der Waals surface area contributed by atoms with Gasteiger partial charge in [-0.1, -0.05) is 51.1 Å². The number of carbonyl (C=O) groups is 1. The monoisotopic (exact) mass is 346 g/mol. The summed E-state index contributed by atoms with van der Waals surface area (Å²) < 4.78 is 5.83. The second-order valence-electron chi connectivity index (χ2n) is 7.20. The summed E-state index contributed by atoms with van der Waals surface area (Å²) in [7, 11) is 0. The Bertz CT molecular complexity index is 664. The van der Waals surface area contributed by atoms with Crippen molar-refractivity contribution in [3.05, 3.63) is 24.3 Å². The van der Waals surface area contributed by atoms with Crippen LogP contribution in [0.1, 0.15) is 40.0 Å². The molecule has 0 amide bonds. The Morgan fingerprint density at radius 2 is 2.17 bits per heavy atom. The van der Waals surface area contributed by atoms with Crippen LogP contribution in [0.2, 0.25) is 0 Å². The predicted molar refractivity (Wildman–Crippen MR) is 98.0 cm³/mol. The van der Waals surface area contributed by atoms with E-state index in [1.54, 1.807) is 0 Å². The van der Waals surface area contributed by atoms with Crippen molar-refractivity contribution in [2.45, 2.75) is 51.3 Å². The molecule has 2 aromatic rings. The number of aromatic nitrogens is 2. The lowest BCUT2D eigenvalue weighted by atomic mass is 9.75. The maximum absolute atomic E-state index is 12.3.